The van der Waals surface area contributed by atoms with Crippen molar-refractivity contribution >= 4 is 0 Å². The average Bonchev–Trinajstić information content (AvgIpc) is 2.99. The van der Waals surface area contributed by atoms with Gasteiger partial charge in [-0.1, -0.05) is 6.92 Å². The molecule has 1 aromatic carbocycles. The van der Waals surface area contributed by atoms with E-state index >= 15 is 0 Å². The van der Waals surface area contributed by atoms with Gasteiger partial charge in [0.15, 0.2) is 0 Å². The van der Waals surface area contributed by atoms with Gasteiger partial charge >= 0.3 is 0 Å². The lowest BCUT2D eigenvalue weighted by Crippen LogP contribution is -2.01. The molecule has 0 spiro atoms. The average molecular weight is 192 g/mol. The molecule has 0 aromatic heterocycles. The predicted octanol–water partition coefficient (Wildman–Crippen LogP) is 2.74. The van der Waals surface area contributed by atoms with E-state index in [1.807, 2.05) is 6.07 Å². The second-order valence-corrected chi connectivity index (χ2v) is 3.90. The maximum absolute atomic E-state index is 9.30. The van der Waals surface area contributed by atoms with Crippen molar-refractivity contribution in [3.63, 3.8) is 0 Å². The first-order valence-electron chi connectivity index (χ1n) is 5.24. The SMILES string of the molecule is CCc1cc(O)ccc1OCC1CC1. The van der Waals surface area contributed by atoms with Crippen molar-refractivity contribution in [1.82, 2.24) is 0 Å². The minimum absolute atomic E-state index is 0.320. The van der Waals surface area contributed by atoms with E-state index in [9.17, 15) is 5.11 Å². The van der Waals surface area contributed by atoms with E-state index in [1.165, 1.54) is 12.8 Å². The van der Waals surface area contributed by atoms with Crippen LogP contribution in [0.25, 0.3) is 0 Å². The third kappa shape index (κ3) is 2.19. The van der Waals surface area contributed by atoms with Crippen molar-refractivity contribution in [3.8, 4) is 11.5 Å². The molecular weight excluding hydrogens is 176 g/mol. The van der Waals surface area contributed by atoms with Gasteiger partial charge in [0.05, 0.1) is 6.61 Å². The fraction of sp³-hybridized carbons (Fsp3) is 0.500. The summed E-state index contributed by atoms with van der Waals surface area (Å²) in [4.78, 5) is 0. The Labute approximate surface area is 84.5 Å². The normalized spacial score (nSPS) is 15.5. The molecule has 2 heteroatoms. The molecule has 1 fully saturated rings. The Bertz CT molecular complexity index is 316. The highest BCUT2D eigenvalue weighted by Crippen LogP contribution is 2.31. The standard InChI is InChI=1S/C12H16O2/c1-2-10-7-11(13)5-6-12(10)14-8-9-3-4-9/h5-7,9,13H,2-4,8H2,1H3. The molecule has 0 bridgehead atoms. The quantitative estimate of drug-likeness (QED) is 0.794. The van der Waals surface area contributed by atoms with Gasteiger partial charge in [-0.15, -0.1) is 0 Å². The third-order valence-electron chi connectivity index (χ3n) is 2.60. The molecule has 1 aliphatic rings. The summed E-state index contributed by atoms with van der Waals surface area (Å²) < 4.78 is 5.70. The molecule has 0 radical (unpaired) electrons. The molecule has 0 unspecified atom stereocenters. The molecule has 76 valence electrons. The van der Waals surface area contributed by atoms with E-state index < -0.39 is 0 Å². The summed E-state index contributed by atoms with van der Waals surface area (Å²) in [5.41, 5.74) is 1.09. The van der Waals surface area contributed by atoms with Crippen molar-refractivity contribution < 1.29 is 9.84 Å². The van der Waals surface area contributed by atoms with Crippen LogP contribution >= 0.6 is 0 Å². The van der Waals surface area contributed by atoms with Gasteiger partial charge in [0.25, 0.3) is 0 Å². The number of ether oxygens (including phenoxy) is 1. The number of benzene rings is 1. The van der Waals surface area contributed by atoms with E-state index in [4.69, 9.17) is 4.74 Å². The summed E-state index contributed by atoms with van der Waals surface area (Å²) in [6, 6.07) is 5.32. The fourth-order valence-corrected chi connectivity index (χ4v) is 1.48. The lowest BCUT2D eigenvalue weighted by Gasteiger charge is -2.09. The molecule has 0 saturated heterocycles. The van der Waals surface area contributed by atoms with Crippen LogP contribution < -0.4 is 4.74 Å². The Morgan fingerprint density at radius 3 is 2.86 bits per heavy atom. The van der Waals surface area contributed by atoms with E-state index in [1.54, 1.807) is 12.1 Å². The summed E-state index contributed by atoms with van der Waals surface area (Å²) >= 11 is 0. The van der Waals surface area contributed by atoms with Crippen LogP contribution in [-0.4, -0.2) is 11.7 Å². The smallest absolute Gasteiger partial charge is 0.122 e. The summed E-state index contributed by atoms with van der Waals surface area (Å²) in [5, 5.41) is 9.30. The van der Waals surface area contributed by atoms with Crippen LogP contribution in [0.1, 0.15) is 25.3 Å². The predicted molar refractivity (Wildman–Crippen MR) is 55.7 cm³/mol. The monoisotopic (exact) mass is 192 g/mol. The van der Waals surface area contributed by atoms with Crippen molar-refractivity contribution in [2.24, 2.45) is 5.92 Å². The van der Waals surface area contributed by atoms with E-state index in [0.29, 0.717) is 5.75 Å². The van der Waals surface area contributed by atoms with Crippen LogP contribution in [0.5, 0.6) is 11.5 Å². The van der Waals surface area contributed by atoms with E-state index in [0.717, 1.165) is 30.3 Å². The topological polar surface area (TPSA) is 29.5 Å². The second-order valence-electron chi connectivity index (χ2n) is 3.90. The zero-order chi connectivity index (χ0) is 9.97. The Kier molecular flexibility index (Phi) is 2.62. The number of hydrogen-bond acceptors (Lipinski definition) is 2. The molecule has 1 aromatic rings. The van der Waals surface area contributed by atoms with Gasteiger partial charge in [-0.3, -0.25) is 0 Å². The molecule has 1 aliphatic carbocycles. The minimum atomic E-state index is 0.320. The van der Waals surface area contributed by atoms with Crippen LogP contribution in [0.4, 0.5) is 0 Å². The second kappa shape index (κ2) is 3.91. The van der Waals surface area contributed by atoms with E-state index in [2.05, 4.69) is 6.92 Å². The maximum Gasteiger partial charge on any atom is 0.122 e. The third-order valence-corrected chi connectivity index (χ3v) is 2.60. The number of phenolic OH excluding ortho intramolecular Hbond substituents is 1. The summed E-state index contributed by atoms with van der Waals surface area (Å²) in [7, 11) is 0. The maximum atomic E-state index is 9.30. The largest absolute Gasteiger partial charge is 0.508 e. The molecule has 0 amide bonds. The van der Waals surface area contributed by atoms with Crippen LogP contribution in [-0.2, 0) is 6.42 Å². The molecule has 0 aliphatic heterocycles. The Morgan fingerprint density at radius 2 is 2.21 bits per heavy atom. The highest BCUT2D eigenvalue weighted by Gasteiger charge is 2.22. The van der Waals surface area contributed by atoms with Crippen LogP contribution in [0.15, 0.2) is 18.2 Å². The number of aryl methyl sites for hydroxylation is 1. The Morgan fingerprint density at radius 1 is 1.43 bits per heavy atom. The van der Waals surface area contributed by atoms with Crippen molar-refractivity contribution in [1.29, 1.82) is 0 Å². The van der Waals surface area contributed by atoms with Gasteiger partial charge in [-0.2, -0.15) is 0 Å². The lowest BCUT2D eigenvalue weighted by molar-refractivity contribution is 0.296. The Hall–Kier alpha value is -1.18. The van der Waals surface area contributed by atoms with Crippen LogP contribution in [0.3, 0.4) is 0 Å². The Balaban J connectivity index is 2.05. The summed E-state index contributed by atoms with van der Waals surface area (Å²) in [6.45, 7) is 2.90. The highest BCUT2D eigenvalue weighted by molar-refractivity contribution is 5.39. The number of rotatable bonds is 4. The van der Waals surface area contributed by atoms with Gasteiger partial charge in [0.2, 0.25) is 0 Å². The number of hydrogen-bond donors (Lipinski definition) is 1. The lowest BCUT2D eigenvalue weighted by atomic mass is 10.1. The van der Waals surface area contributed by atoms with Crippen LogP contribution in [0.2, 0.25) is 0 Å². The molecule has 1 N–H and O–H groups in total. The first-order valence-corrected chi connectivity index (χ1v) is 5.24. The van der Waals surface area contributed by atoms with Crippen molar-refractivity contribution in [3.05, 3.63) is 23.8 Å². The first-order chi connectivity index (χ1) is 6.79. The number of phenols is 1. The molecule has 2 nitrogen and oxygen atoms in total. The van der Waals surface area contributed by atoms with Crippen LogP contribution in [0, 0.1) is 5.92 Å². The van der Waals surface area contributed by atoms with Gasteiger partial charge < -0.3 is 9.84 Å². The van der Waals surface area contributed by atoms with Gasteiger partial charge in [-0.05, 0) is 48.9 Å². The zero-order valence-corrected chi connectivity index (χ0v) is 8.49. The minimum Gasteiger partial charge on any atom is -0.508 e. The highest BCUT2D eigenvalue weighted by atomic mass is 16.5. The van der Waals surface area contributed by atoms with Crippen molar-refractivity contribution in [2.75, 3.05) is 6.61 Å². The molecule has 0 atom stereocenters. The molecular formula is C12H16O2. The zero-order valence-electron chi connectivity index (χ0n) is 8.49. The van der Waals surface area contributed by atoms with Gasteiger partial charge in [0, 0.05) is 0 Å². The number of aromatic hydroxyl groups is 1. The van der Waals surface area contributed by atoms with Gasteiger partial charge in [-0.25, -0.2) is 0 Å². The molecule has 1 saturated carbocycles. The summed E-state index contributed by atoms with van der Waals surface area (Å²) in [5.74, 6) is 2.02. The van der Waals surface area contributed by atoms with Gasteiger partial charge in [0.1, 0.15) is 11.5 Å². The van der Waals surface area contributed by atoms with Crippen molar-refractivity contribution in [2.45, 2.75) is 26.2 Å². The summed E-state index contributed by atoms with van der Waals surface area (Å²) in [6.07, 6.45) is 3.51. The van der Waals surface area contributed by atoms with E-state index in [-0.39, 0.29) is 0 Å². The molecule has 0 heterocycles. The first kappa shape index (κ1) is 9.38. The molecule has 2 rings (SSSR count). The molecule has 14 heavy (non-hydrogen) atoms. The fourth-order valence-electron chi connectivity index (χ4n) is 1.48.